The van der Waals surface area contributed by atoms with Crippen molar-refractivity contribution in [3.8, 4) is 5.75 Å². The van der Waals surface area contributed by atoms with Crippen LogP contribution in [0.15, 0.2) is 18.2 Å². The summed E-state index contributed by atoms with van der Waals surface area (Å²) in [4.78, 5) is 24.9. The molecule has 2 amide bonds. The predicted octanol–water partition coefficient (Wildman–Crippen LogP) is 2.83. The van der Waals surface area contributed by atoms with Crippen molar-refractivity contribution >= 4 is 23.6 Å². The number of hydrogen-bond donors (Lipinski definition) is 1. The highest BCUT2D eigenvalue weighted by molar-refractivity contribution is 6.33. The lowest BCUT2D eigenvalue weighted by Gasteiger charge is -2.24. The summed E-state index contributed by atoms with van der Waals surface area (Å²) in [5.41, 5.74) is 4.95. The van der Waals surface area contributed by atoms with Crippen molar-refractivity contribution in [2.75, 3.05) is 13.1 Å². The second-order valence-electron chi connectivity index (χ2n) is 6.46. The Hall–Kier alpha value is -1.95. The lowest BCUT2D eigenvalue weighted by Crippen LogP contribution is -2.36. The van der Waals surface area contributed by atoms with E-state index in [1.54, 1.807) is 17.0 Å². The minimum atomic E-state index is -0.609. The van der Waals surface area contributed by atoms with Crippen LogP contribution in [0.3, 0.4) is 0 Å². The van der Waals surface area contributed by atoms with E-state index in [1.165, 1.54) is 6.07 Å². The highest BCUT2D eigenvalue weighted by Gasteiger charge is 2.31. The molecule has 1 heterocycles. The molecule has 1 fully saturated rings. The Morgan fingerprint density at radius 3 is 2.65 bits per heavy atom. The Labute approximate surface area is 140 Å². The van der Waals surface area contributed by atoms with E-state index in [1.807, 2.05) is 20.8 Å². The van der Waals surface area contributed by atoms with Crippen molar-refractivity contribution in [3.63, 3.8) is 0 Å². The van der Waals surface area contributed by atoms with Crippen LogP contribution < -0.4 is 10.5 Å². The summed E-state index contributed by atoms with van der Waals surface area (Å²) in [5.74, 6) is -0.110. The standard InChI is InChI=1S/C16H21ClN2O4/c1-16(2,3)23-15(21)19-7-6-11(9-19)22-10-4-5-13(17)12(8-10)14(18)20/h4-5,8,11H,6-7,9H2,1-3H3,(H2,18,20)/t11-/m0/s1. The van der Waals surface area contributed by atoms with Gasteiger partial charge in [0.2, 0.25) is 5.91 Å². The molecule has 1 aromatic carbocycles. The number of nitrogens with zero attached hydrogens (tertiary/aromatic N) is 1. The fraction of sp³-hybridized carbons (Fsp3) is 0.500. The van der Waals surface area contributed by atoms with E-state index < -0.39 is 11.5 Å². The third-order valence-corrected chi connectivity index (χ3v) is 3.63. The predicted molar refractivity (Wildman–Crippen MR) is 86.8 cm³/mol. The third kappa shape index (κ3) is 4.76. The molecule has 0 saturated carbocycles. The number of carbonyl (C=O) groups excluding carboxylic acids is 2. The van der Waals surface area contributed by atoms with Crippen LogP contribution in [0.4, 0.5) is 4.79 Å². The second kappa shape index (κ2) is 6.66. The number of amides is 2. The number of rotatable bonds is 3. The summed E-state index contributed by atoms with van der Waals surface area (Å²) in [5, 5.41) is 0.284. The summed E-state index contributed by atoms with van der Waals surface area (Å²) in [6, 6.07) is 4.75. The molecule has 0 spiro atoms. The van der Waals surface area contributed by atoms with Gasteiger partial charge in [-0.05, 0) is 39.0 Å². The van der Waals surface area contributed by atoms with Gasteiger partial charge in [0, 0.05) is 13.0 Å². The average molecular weight is 341 g/mol. The molecule has 7 heteroatoms. The zero-order valence-corrected chi connectivity index (χ0v) is 14.2. The fourth-order valence-corrected chi connectivity index (χ4v) is 2.49. The number of ether oxygens (including phenoxy) is 2. The van der Waals surface area contributed by atoms with E-state index in [2.05, 4.69) is 0 Å². The normalized spacial score (nSPS) is 17.9. The minimum Gasteiger partial charge on any atom is -0.488 e. The molecular formula is C16H21ClN2O4. The van der Waals surface area contributed by atoms with Crippen molar-refractivity contribution < 1.29 is 19.1 Å². The summed E-state index contributed by atoms with van der Waals surface area (Å²) in [6.45, 7) is 6.48. The van der Waals surface area contributed by atoms with Gasteiger partial charge in [0.25, 0.3) is 0 Å². The number of hydrogen-bond acceptors (Lipinski definition) is 4. The summed E-state index contributed by atoms with van der Waals surface area (Å²) >= 11 is 5.91. The first-order valence-electron chi connectivity index (χ1n) is 7.39. The van der Waals surface area contributed by atoms with E-state index in [0.717, 1.165) is 0 Å². The van der Waals surface area contributed by atoms with Gasteiger partial charge < -0.3 is 20.1 Å². The molecule has 0 bridgehead atoms. The molecule has 0 radical (unpaired) electrons. The Kier molecular flexibility index (Phi) is 5.04. The van der Waals surface area contributed by atoms with Crippen LogP contribution in [0, 0.1) is 0 Å². The maximum atomic E-state index is 12.0. The smallest absolute Gasteiger partial charge is 0.410 e. The van der Waals surface area contributed by atoms with Crippen LogP contribution >= 0.6 is 11.6 Å². The molecular weight excluding hydrogens is 320 g/mol. The molecule has 1 aromatic rings. The van der Waals surface area contributed by atoms with E-state index >= 15 is 0 Å². The Morgan fingerprint density at radius 2 is 2.04 bits per heavy atom. The van der Waals surface area contributed by atoms with Crippen LogP contribution in [0.25, 0.3) is 0 Å². The van der Waals surface area contributed by atoms with Gasteiger partial charge in [-0.25, -0.2) is 4.79 Å². The van der Waals surface area contributed by atoms with Crippen LogP contribution in [0.2, 0.25) is 5.02 Å². The Morgan fingerprint density at radius 1 is 1.35 bits per heavy atom. The molecule has 1 saturated heterocycles. The lowest BCUT2D eigenvalue weighted by atomic mass is 10.2. The van der Waals surface area contributed by atoms with Crippen molar-refractivity contribution in [1.82, 2.24) is 4.90 Å². The van der Waals surface area contributed by atoms with E-state index in [4.69, 9.17) is 26.8 Å². The number of primary amides is 1. The first kappa shape index (κ1) is 17.4. The summed E-state index contributed by atoms with van der Waals surface area (Å²) in [6.07, 6.45) is 0.176. The number of carbonyl (C=O) groups is 2. The quantitative estimate of drug-likeness (QED) is 0.917. The van der Waals surface area contributed by atoms with Crippen molar-refractivity contribution in [2.24, 2.45) is 5.73 Å². The maximum absolute atomic E-state index is 12.0. The molecule has 0 aliphatic carbocycles. The highest BCUT2D eigenvalue weighted by atomic mass is 35.5. The molecule has 1 aliphatic rings. The lowest BCUT2D eigenvalue weighted by molar-refractivity contribution is 0.0275. The minimum absolute atomic E-state index is 0.163. The molecule has 2 rings (SSSR count). The highest BCUT2D eigenvalue weighted by Crippen LogP contribution is 2.25. The van der Waals surface area contributed by atoms with E-state index in [9.17, 15) is 9.59 Å². The van der Waals surface area contributed by atoms with Gasteiger partial charge in [0.05, 0.1) is 17.1 Å². The first-order valence-corrected chi connectivity index (χ1v) is 7.77. The number of likely N-dealkylation sites (tertiary alicyclic amines) is 1. The van der Waals surface area contributed by atoms with Gasteiger partial charge >= 0.3 is 6.09 Å². The monoisotopic (exact) mass is 340 g/mol. The van der Waals surface area contributed by atoms with E-state index in [-0.39, 0.29) is 22.8 Å². The molecule has 0 aromatic heterocycles. The second-order valence-corrected chi connectivity index (χ2v) is 6.87. The zero-order valence-electron chi connectivity index (χ0n) is 13.5. The van der Waals surface area contributed by atoms with Gasteiger partial charge in [-0.1, -0.05) is 11.6 Å². The van der Waals surface area contributed by atoms with Gasteiger partial charge in [-0.2, -0.15) is 0 Å². The molecule has 6 nitrogen and oxygen atoms in total. The summed E-state index contributed by atoms with van der Waals surface area (Å²) in [7, 11) is 0. The third-order valence-electron chi connectivity index (χ3n) is 3.30. The van der Waals surface area contributed by atoms with Crippen LogP contribution in [0.5, 0.6) is 5.75 Å². The number of halogens is 1. The van der Waals surface area contributed by atoms with Gasteiger partial charge in [0.1, 0.15) is 17.5 Å². The first-order chi connectivity index (χ1) is 10.7. The topological polar surface area (TPSA) is 81.9 Å². The molecule has 1 atom stereocenters. The van der Waals surface area contributed by atoms with Gasteiger partial charge in [0.15, 0.2) is 0 Å². The maximum Gasteiger partial charge on any atom is 0.410 e. The van der Waals surface area contributed by atoms with Crippen molar-refractivity contribution in [2.45, 2.75) is 38.9 Å². The van der Waals surface area contributed by atoms with Crippen LogP contribution in [-0.4, -0.2) is 41.7 Å². The van der Waals surface area contributed by atoms with Crippen LogP contribution in [-0.2, 0) is 4.74 Å². The van der Waals surface area contributed by atoms with E-state index in [0.29, 0.717) is 25.3 Å². The Balaban J connectivity index is 1.97. The number of benzene rings is 1. The van der Waals surface area contributed by atoms with Crippen LogP contribution in [0.1, 0.15) is 37.6 Å². The zero-order chi connectivity index (χ0) is 17.2. The summed E-state index contributed by atoms with van der Waals surface area (Å²) < 4.78 is 11.2. The molecule has 1 aliphatic heterocycles. The molecule has 0 unspecified atom stereocenters. The molecule has 126 valence electrons. The average Bonchev–Trinajstić information content (AvgIpc) is 2.87. The van der Waals surface area contributed by atoms with Gasteiger partial charge in [-0.15, -0.1) is 0 Å². The van der Waals surface area contributed by atoms with Gasteiger partial charge in [-0.3, -0.25) is 4.79 Å². The largest absolute Gasteiger partial charge is 0.488 e. The number of nitrogens with two attached hydrogens (primary N) is 1. The van der Waals surface area contributed by atoms with Crippen molar-refractivity contribution in [1.29, 1.82) is 0 Å². The molecule has 2 N–H and O–H groups in total. The van der Waals surface area contributed by atoms with Crippen molar-refractivity contribution in [3.05, 3.63) is 28.8 Å². The fourth-order valence-electron chi connectivity index (χ4n) is 2.28. The SMILES string of the molecule is CC(C)(C)OC(=O)N1CC[C@H](Oc2ccc(Cl)c(C(N)=O)c2)C1. The molecule has 23 heavy (non-hydrogen) atoms. The Bertz CT molecular complexity index is 613.